The first-order valence-electron chi connectivity index (χ1n) is 4.62. The number of imide groups is 1. The van der Waals surface area contributed by atoms with Crippen molar-refractivity contribution in [3.63, 3.8) is 0 Å². The predicted octanol–water partition coefficient (Wildman–Crippen LogP) is 1.42. The van der Waals surface area contributed by atoms with Gasteiger partial charge in [-0.25, -0.2) is 9.18 Å². The zero-order valence-corrected chi connectivity index (χ0v) is 10.5. The van der Waals surface area contributed by atoms with Gasteiger partial charge in [0.2, 0.25) is 0 Å². The van der Waals surface area contributed by atoms with Gasteiger partial charge in [-0.05, 0) is 18.2 Å². The number of hydrogen-bond donors (Lipinski definition) is 2. The minimum atomic E-state index is -0.660. The van der Waals surface area contributed by atoms with Gasteiger partial charge in [-0.2, -0.15) is 0 Å². The number of nitrogens with one attached hydrogen (secondary N) is 2. The molecule has 0 aliphatic heterocycles. The molecule has 17 heavy (non-hydrogen) atoms. The molecule has 5 nitrogen and oxygen atoms in total. The van der Waals surface area contributed by atoms with E-state index in [1.54, 1.807) is 6.07 Å². The largest absolute Gasteiger partial charge is 0.481 e. The van der Waals surface area contributed by atoms with Crippen LogP contribution in [0.3, 0.4) is 0 Å². The Hall–Kier alpha value is -1.63. The molecule has 1 aromatic carbocycles. The van der Waals surface area contributed by atoms with E-state index in [1.807, 2.05) is 5.32 Å². The smallest absolute Gasteiger partial charge is 0.321 e. The Morgan fingerprint density at radius 3 is 2.76 bits per heavy atom. The number of rotatable bonds is 3. The van der Waals surface area contributed by atoms with Crippen LogP contribution in [0.25, 0.3) is 0 Å². The van der Waals surface area contributed by atoms with Gasteiger partial charge in [0.1, 0.15) is 0 Å². The van der Waals surface area contributed by atoms with Gasteiger partial charge < -0.3 is 10.1 Å². The summed E-state index contributed by atoms with van der Waals surface area (Å²) in [6.07, 6.45) is 0. The molecule has 0 fully saturated rings. The number of carbonyl (C=O) groups excluding carboxylic acids is 2. The number of halogens is 2. The third-order valence-corrected chi connectivity index (χ3v) is 2.23. The predicted molar refractivity (Wildman–Crippen MR) is 62.2 cm³/mol. The van der Waals surface area contributed by atoms with Gasteiger partial charge in [0.25, 0.3) is 5.91 Å². The fourth-order valence-corrected chi connectivity index (χ4v) is 1.29. The molecule has 2 N–H and O–H groups in total. The standard InChI is InChI=1S/C10H10BrFN2O3/c1-13-10(16)14-9(15)5-17-8-3-2-6(11)4-7(8)12/h2-4H,5H2,1H3,(H2,13,14,15,16). The first-order valence-corrected chi connectivity index (χ1v) is 5.41. The second kappa shape index (κ2) is 6.19. The summed E-state index contributed by atoms with van der Waals surface area (Å²) >= 11 is 3.09. The topological polar surface area (TPSA) is 67.4 Å². The molecule has 0 spiro atoms. The fraction of sp³-hybridized carbons (Fsp3) is 0.200. The maximum atomic E-state index is 13.3. The van der Waals surface area contributed by atoms with Crippen molar-refractivity contribution in [1.82, 2.24) is 10.6 Å². The molecule has 0 aromatic heterocycles. The molecule has 1 rings (SSSR count). The van der Waals surface area contributed by atoms with E-state index in [1.165, 1.54) is 19.2 Å². The van der Waals surface area contributed by atoms with Crippen molar-refractivity contribution in [2.24, 2.45) is 0 Å². The van der Waals surface area contributed by atoms with Gasteiger partial charge in [0.05, 0.1) is 0 Å². The summed E-state index contributed by atoms with van der Waals surface area (Å²) in [5, 5.41) is 4.19. The Balaban J connectivity index is 2.50. The molecular formula is C10H10BrFN2O3. The van der Waals surface area contributed by atoms with Crippen LogP contribution in [-0.4, -0.2) is 25.6 Å². The first kappa shape index (κ1) is 13.4. The Morgan fingerprint density at radius 1 is 1.47 bits per heavy atom. The zero-order valence-electron chi connectivity index (χ0n) is 8.92. The van der Waals surface area contributed by atoms with Gasteiger partial charge in [-0.3, -0.25) is 10.1 Å². The molecule has 0 aliphatic carbocycles. The molecule has 1 aromatic rings. The molecule has 0 aliphatic rings. The van der Waals surface area contributed by atoms with Crippen LogP contribution in [0.2, 0.25) is 0 Å². The van der Waals surface area contributed by atoms with Crippen LogP contribution in [0.1, 0.15) is 0 Å². The van der Waals surface area contributed by atoms with Crippen molar-refractivity contribution in [2.45, 2.75) is 0 Å². The lowest BCUT2D eigenvalue weighted by atomic mass is 10.3. The van der Waals surface area contributed by atoms with Gasteiger partial charge >= 0.3 is 6.03 Å². The average molecular weight is 305 g/mol. The highest BCUT2D eigenvalue weighted by molar-refractivity contribution is 9.10. The highest BCUT2D eigenvalue weighted by Crippen LogP contribution is 2.21. The van der Waals surface area contributed by atoms with E-state index in [-0.39, 0.29) is 5.75 Å². The summed E-state index contributed by atoms with van der Waals surface area (Å²) in [6, 6.07) is 3.53. The second-order valence-corrected chi connectivity index (χ2v) is 3.91. The van der Waals surface area contributed by atoms with E-state index in [9.17, 15) is 14.0 Å². The summed E-state index contributed by atoms with van der Waals surface area (Å²) in [5.41, 5.74) is 0. The van der Waals surface area contributed by atoms with Crippen LogP contribution in [0.15, 0.2) is 22.7 Å². The number of carbonyl (C=O) groups is 2. The third-order valence-electron chi connectivity index (χ3n) is 1.73. The van der Waals surface area contributed by atoms with Crippen molar-refractivity contribution in [1.29, 1.82) is 0 Å². The molecule has 0 bridgehead atoms. The third kappa shape index (κ3) is 4.39. The summed E-state index contributed by atoms with van der Waals surface area (Å²) in [5.74, 6) is -1.31. The van der Waals surface area contributed by atoms with Gasteiger partial charge in [-0.1, -0.05) is 15.9 Å². The SMILES string of the molecule is CNC(=O)NC(=O)COc1ccc(Br)cc1F. The summed E-state index contributed by atoms with van der Waals surface area (Å²) < 4.78 is 18.7. The first-order chi connectivity index (χ1) is 8.02. The van der Waals surface area contributed by atoms with Crippen LogP contribution < -0.4 is 15.4 Å². The van der Waals surface area contributed by atoms with Crippen molar-refractivity contribution in [3.05, 3.63) is 28.5 Å². The van der Waals surface area contributed by atoms with E-state index in [2.05, 4.69) is 21.2 Å². The van der Waals surface area contributed by atoms with Crippen LogP contribution in [-0.2, 0) is 4.79 Å². The second-order valence-electron chi connectivity index (χ2n) is 2.99. The van der Waals surface area contributed by atoms with E-state index in [4.69, 9.17) is 4.74 Å². The number of benzene rings is 1. The minimum Gasteiger partial charge on any atom is -0.481 e. The maximum Gasteiger partial charge on any atom is 0.321 e. The molecule has 0 saturated carbocycles. The monoisotopic (exact) mass is 304 g/mol. The maximum absolute atomic E-state index is 13.3. The molecule has 7 heteroatoms. The van der Waals surface area contributed by atoms with E-state index in [0.29, 0.717) is 4.47 Å². The molecule has 0 atom stereocenters. The van der Waals surface area contributed by atoms with Crippen LogP contribution in [0.4, 0.5) is 9.18 Å². The Bertz CT molecular complexity index is 440. The molecule has 0 saturated heterocycles. The van der Waals surface area contributed by atoms with E-state index in [0.717, 1.165) is 0 Å². The number of amides is 3. The molecule has 92 valence electrons. The van der Waals surface area contributed by atoms with Crippen LogP contribution >= 0.6 is 15.9 Å². The average Bonchev–Trinajstić information content (AvgIpc) is 2.27. The highest BCUT2D eigenvalue weighted by atomic mass is 79.9. The van der Waals surface area contributed by atoms with Crippen LogP contribution in [0.5, 0.6) is 5.75 Å². The normalized spacial score (nSPS) is 9.59. The zero-order chi connectivity index (χ0) is 12.8. The van der Waals surface area contributed by atoms with E-state index < -0.39 is 24.4 Å². The quantitative estimate of drug-likeness (QED) is 0.887. The van der Waals surface area contributed by atoms with Gasteiger partial charge in [-0.15, -0.1) is 0 Å². The molecular weight excluding hydrogens is 295 g/mol. The lowest BCUT2D eigenvalue weighted by molar-refractivity contribution is -0.122. The van der Waals surface area contributed by atoms with Crippen LogP contribution in [0, 0.1) is 5.82 Å². The summed E-state index contributed by atoms with van der Waals surface area (Å²) in [6.45, 7) is -0.439. The number of ether oxygens (including phenoxy) is 1. The number of hydrogen-bond acceptors (Lipinski definition) is 3. The Kier molecular flexibility index (Phi) is 4.89. The van der Waals surface area contributed by atoms with Crippen molar-refractivity contribution in [2.75, 3.05) is 13.7 Å². The van der Waals surface area contributed by atoms with Gasteiger partial charge in [0, 0.05) is 11.5 Å². The highest BCUT2D eigenvalue weighted by Gasteiger charge is 2.09. The summed E-state index contributed by atoms with van der Waals surface area (Å²) in [7, 11) is 1.37. The Morgan fingerprint density at radius 2 is 2.18 bits per heavy atom. The molecule has 3 amide bonds. The molecule has 0 heterocycles. The van der Waals surface area contributed by atoms with Crippen molar-refractivity contribution in [3.8, 4) is 5.75 Å². The summed E-state index contributed by atoms with van der Waals surface area (Å²) in [4.78, 5) is 21.9. The lowest BCUT2D eigenvalue weighted by Gasteiger charge is -2.07. The molecule has 0 radical (unpaired) electrons. The van der Waals surface area contributed by atoms with E-state index >= 15 is 0 Å². The fourth-order valence-electron chi connectivity index (χ4n) is 0.961. The van der Waals surface area contributed by atoms with Gasteiger partial charge in [0.15, 0.2) is 18.2 Å². The molecule has 0 unspecified atom stereocenters. The lowest BCUT2D eigenvalue weighted by Crippen LogP contribution is -2.40. The Labute approximate surface area is 105 Å². The van der Waals surface area contributed by atoms with Crippen molar-refractivity contribution >= 4 is 27.9 Å². The van der Waals surface area contributed by atoms with Crippen molar-refractivity contribution < 1.29 is 18.7 Å². The minimum absolute atomic E-state index is 0.0553. The number of urea groups is 1.